The molecule has 0 heterocycles. The minimum Gasteiger partial charge on any atom is 0 e. The maximum absolute atomic E-state index is 10.8. The van der Waals surface area contributed by atoms with E-state index < -0.39 is 0 Å². The monoisotopic (exact) mass is 450 g/mol. The summed E-state index contributed by atoms with van der Waals surface area (Å²) in [6, 6.07) is 4.70. The Morgan fingerprint density at radius 1 is 1.17 bits per heavy atom. The summed E-state index contributed by atoms with van der Waals surface area (Å²) in [5.41, 5.74) is 0.488. The first kappa shape index (κ1) is 12.7. The van der Waals surface area contributed by atoms with Crippen molar-refractivity contribution >= 4 is 43.9 Å². The molecule has 68 valence electrons. The van der Waals surface area contributed by atoms with E-state index in [2.05, 4.69) is 16.0 Å². The molecular formula is C7H3AuCl2OSe. The van der Waals surface area contributed by atoms with E-state index in [-0.39, 0.29) is 27.1 Å². The number of rotatable bonds is 1. The van der Waals surface area contributed by atoms with E-state index in [1.54, 1.807) is 18.2 Å². The Balaban J connectivity index is 0.00000121. The zero-order valence-electron chi connectivity index (χ0n) is 5.61. The Morgan fingerprint density at radius 2 is 1.58 bits per heavy atom. The molecule has 0 aliphatic carbocycles. The molecule has 0 bridgehead atoms. The molecule has 0 saturated carbocycles. The van der Waals surface area contributed by atoms with Gasteiger partial charge in [-0.25, -0.2) is 0 Å². The molecule has 0 N–H and O–H groups in total. The quantitative estimate of drug-likeness (QED) is 0.601. The fraction of sp³-hybridized carbons (Fsp3) is 0. The minimum absolute atomic E-state index is 0. The molecule has 12 heavy (non-hydrogen) atoms. The summed E-state index contributed by atoms with van der Waals surface area (Å²) in [4.78, 5) is 10.8. The van der Waals surface area contributed by atoms with Crippen LogP contribution in [-0.4, -0.2) is 20.7 Å². The van der Waals surface area contributed by atoms with Gasteiger partial charge in [-0.05, 0) is 0 Å². The van der Waals surface area contributed by atoms with Gasteiger partial charge in [-0.2, -0.15) is 0 Å². The summed E-state index contributed by atoms with van der Waals surface area (Å²) in [6.07, 6.45) is 0. The fourth-order valence-corrected chi connectivity index (χ4v) is 1.44. The van der Waals surface area contributed by atoms with Gasteiger partial charge in [0.1, 0.15) is 0 Å². The SMILES string of the molecule is O=C([Se])c1cc(Cl)cc(Cl)c1.[Au]. The van der Waals surface area contributed by atoms with E-state index in [0.717, 1.165) is 0 Å². The van der Waals surface area contributed by atoms with Crippen LogP contribution in [0.5, 0.6) is 0 Å². The molecule has 0 fully saturated rings. The molecule has 1 rings (SSSR count). The summed E-state index contributed by atoms with van der Waals surface area (Å²) in [5, 5.41) is 0.937. The van der Waals surface area contributed by atoms with Crippen LogP contribution in [0, 0.1) is 0 Å². The Labute approximate surface area is 104 Å². The van der Waals surface area contributed by atoms with Crippen molar-refractivity contribution in [2.45, 2.75) is 0 Å². The zero-order chi connectivity index (χ0) is 8.43. The van der Waals surface area contributed by atoms with Gasteiger partial charge in [0.15, 0.2) is 0 Å². The zero-order valence-corrected chi connectivity index (χ0v) is 11.0. The van der Waals surface area contributed by atoms with Gasteiger partial charge in [0, 0.05) is 22.4 Å². The molecule has 0 saturated heterocycles. The van der Waals surface area contributed by atoms with Crippen LogP contribution in [0.2, 0.25) is 10.0 Å². The molecule has 0 aromatic heterocycles. The van der Waals surface area contributed by atoms with Crippen LogP contribution in [-0.2, 0) is 22.4 Å². The number of benzene rings is 1. The third-order valence-electron chi connectivity index (χ3n) is 1.10. The number of hydrogen-bond donors (Lipinski definition) is 0. The summed E-state index contributed by atoms with van der Waals surface area (Å²) in [5.74, 6) is 0. The average Bonchev–Trinajstić information content (AvgIpc) is 1.85. The summed E-state index contributed by atoms with van der Waals surface area (Å²) in [7, 11) is 0. The van der Waals surface area contributed by atoms with Crippen molar-refractivity contribution in [3.63, 3.8) is 0 Å². The van der Waals surface area contributed by atoms with Gasteiger partial charge < -0.3 is 0 Å². The van der Waals surface area contributed by atoms with Crippen LogP contribution in [0.3, 0.4) is 0 Å². The minimum atomic E-state index is -0.158. The van der Waals surface area contributed by atoms with Gasteiger partial charge in [0.05, 0.1) is 0 Å². The largest absolute Gasteiger partial charge is 0 e. The molecule has 5 heteroatoms. The van der Waals surface area contributed by atoms with Crippen molar-refractivity contribution in [1.29, 1.82) is 0 Å². The van der Waals surface area contributed by atoms with E-state index in [1.165, 1.54) is 0 Å². The molecule has 1 nitrogen and oxygen atoms in total. The standard InChI is InChI=1S/C7H3Cl2OSe.Au/c8-5-1-4(7(10)11)2-6(9)3-5;/h1-3H;. The van der Waals surface area contributed by atoms with Gasteiger partial charge in [-0.3, -0.25) is 0 Å². The number of carbonyl (C=O) groups is 1. The molecule has 1 aromatic carbocycles. The molecule has 0 atom stereocenters. The topological polar surface area (TPSA) is 17.1 Å². The second-order valence-electron chi connectivity index (χ2n) is 1.95. The predicted octanol–water partition coefficient (Wildman–Crippen LogP) is 2.30. The first-order valence-corrected chi connectivity index (χ1v) is 4.38. The maximum atomic E-state index is 10.8. The average molecular weight is 450 g/mol. The fourth-order valence-electron chi connectivity index (χ4n) is 0.672. The van der Waals surface area contributed by atoms with Crippen LogP contribution >= 0.6 is 23.2 Å². The van der Waals surface area contributed by atoms with Crippen molar-refractivity contribution in [1.82, 2.24) is 0 Å². The van der Waals surface area contributed by atoms with Gasteiger partial charge in [-0.15, -0.1) is 0 Å². The summed E-state index contributed by atoms with van der Waals surface area (Å²) < 4.78 is -0.158. The Hall–Kier alpha value is 0.730. The third kappa shape index (κ3) is 3.63. The van der Waals surface area contributed by atoms with E-state index in [9.17, 15) is 4.79 Å². The first-order valence-electron chi connectivity index (χ1n) is 2.77. The van der Waals surface area contributed by atoms with Crippen LogP contribution in [0.25, 0.3) is 0 Å². The molecule has 0 amide bonds. The smallest absolute Gasteiger partial charge is 0 e. The molecular weight excluding hydrogens is 447 g/mol. The maximum Gasteiger partial charge on any atom is 0 e. The molecule has 0 unspecified atom stereocenters. The van der Waals surface area contributed by atoms with E-state index in [1.807, 2.05) is 0 Å². The van der Waals surface area contributed by atoms with E-state index in [4.69, 9.17) is 23.2 Å². The Kier molecular flexibility index (Phi) is 5.79. The second-order valence-corrected chi connectivity index (χ2v) is 3.60. The van der Waals surface area contributed by atoms with Crippen molar-refractivity contribution < 1.29 is 27.2 Å². The predicted molar refractivity (Wildman–Crippen MR) is 46.5 cm³/mol. The summed E-state index contributed by atoms with van der Waals surface area (Å²) >= 11 is 13.6. The van der Waals surface area contributed by atoms with Crippen molar-refractivity contribution in [2.75, 3.05) is 0 Å². The van der Waals surface area contributed by atoms with Crippen LogP contribution in [0.1, 0.15) is 10.4 Å². The molecule has 0 spiro atoms. The number of carbonyl (C=O) groups excluding carboxylic acids is 1. The normalized spacial score (nSPS) is 8.83. The second kappa shape index (κ2) is 5.46. The van der Waals surface area contributed by atoms with Gasteiger partial charge >= 0.3 is 82.5 Å². The molecule has 1 aromatic rings. The van der Waals surface area contributed by atoms with Crippen LogP contribution in [0.4, 0.5) is 0 Å². The third-order valence-corrected chi connectivity index (χ3v) is 2.03. The molecule has 0 aliphatic rings. The molecule has 2 radical (unpaired) electrons. The van der Waals surface area contributed by atoms with E-state index in [0.29, 0.717) is 15.6 Å². The van der Waals surface area contributed by atoms with Crippen LogP contribution < -0.4 is 0 Å². The first-order chi connectivity index (χ1) is 5.09. The van der Waals surface area contributed by atoms with Gasteiger partial charge in [0.25, 0.3) is 0 Å². The summed E-state index contributed by atoms with van der Waals surface area (Å²) in [6.45, 7) is 0. The van der Waals surface area contributed by atoms with Crippen molar-refractivity contribution in [3.8, 4) is 0 Å². The Bertz CT molecular complexity index is 283. The van der Waals surface area contributed by atoms with Gasteiger partial charge in [0.2, 0.25) is 0 Å². The van der Waals surface area contributed by atoms with Crippen LogP contribution in [0.15, 0.2) is 18.2 Å². The van der Waals surface area contributed by atoms with E-state index >= 15 is 0 Å². The van der Waals surface area contributed by atoms with Crippen molar-refractivity contribution in [2.24, 2.45) is 0 Å². The number of hydrogen-bond acceptors (Lipinski definition) is 1. The van der Waals surface area contributed by atoms with Gasteiger partial charge in [-0.1, -0.05) is 0 Å². The molecule has 0 aliphatic heterocycles. The number of halogens is 2. The Morgan fingerprint density at radius 3 is 1.92 bits per heavy atom. The van der Waals surface area contributed by atoms with Crippen molar-refractivity contribution in [3.05, 3.63) is 33.8 Å².